The molecule has 0 atom stereocenters. The van der Waals surface area contributed by atoms with Crippen molar-refractivity contribution in [1.29, 1.82) is 0 Å². The molecule has 0 saturated heterocycles. The van der Waals surface area contributed by atoms with Gasteiger partial charge in [0.2, 0.25) is 0 Å². The first-order valence-electron chi connectivity index (χ1n) is 7.00. The number of carboxylic acid groups (broad SMARTS) is 1. The quantitative estimate of drug-likeness (QED) is 0.868. The van der Waals surface area contributed by atoms with Crippen LogP contribution in [0.3, 0.4) is 0 Å². The predicted molar refractivity (Wildman–Crippen MR) is 76.8 cm³/mol. The maximum absolute atomic E-state index is 12.3. The maximum atomic E-state index is 12.3. The molecule has 20 heavy (non-hydrogen) atoms. The SMILES string of the molecule is Cc1cccc(C)c1C(=O)NCC1(CC(=O)O)CCC1. The van der Waals surface area contributed by atoms with Crippen LogP contribution in [0.2, 0.25) is 0 Å². The second kappa shape index (κ2) is 5.65. The molecule has 108 valence electrons. The number of hydrogen-bond donors (Lipinski definition) is 2. The summed E-state index contributed by atoms with van der Waals surface area (Å²) in [7, 11) is 0. The minimum Gasteiger partial charge on any atom is -0.481 e. The van der Waals surface area contributed by atoms with Crippen LogP contribution in [-0.4, -0.2) is 23.5 Å². The Morgan fingerprint density at radius 1 is 1.25 bits per heavy atom. The zero-order chi connectivity index (χ0) is 14.8. The molecule has 0 heterocycles. The van der Waals surface area contributed by atoms with E-state index in [1.165, 1.54) is 0 Å². The molecule has 1 amide bonds. The monoisotopic (exact) mass is 275 g/mol. The molecule has 2 rings (SSSR count). The Morgan fingerprint density at radius 2 is 1.85 bits per heavy atom. The number of aryl methyl sites for hydroxylation is 2. The van der Waals surface area contributed by atoms with Crippen molar-refractivity contribution in [2.75, 3.05) is 6.54 Å². The van der Waals surface area contributed by atoms with Crippen molar-refractivity contribution in [3.05, 3.63) is 34.9 Å². The molecule has 0 aliphatic heterocycles. The number of amides is 1. The summed E-state index contributed by atoms with van der Waals surface area (Å²) in [6.07, 6.45) is 2.95. The first-order chi connectivity index (χ1) is 9.43. The summed E-state index contributed by atoms with van der Waals surface area (Å²) in [5.74, 6) is -0.886. The van der Waals surface area contributed by atoms with Crippen LogP contribution in [0, 0.1) is 19.3 Å². The third-order valence-corrected chi connectivity index (χ3v) is 4.27. The van der Waals surface area contributed by atoms with Gasteiger partial charge in [-0.2, -0.15) is 0 Å². The van der Waals surface area contributed by atoms with Crippen LogP contribution in [0.4, 0.5) is 0 Å². The van der Waals surface area contributed by atoms with Crippen molar-refractivity contribution in [1.82, 2.24) is 5.32 Å². The molecule has 0 bridgehead atoms. The fraction of sp³-hybridized carbons (Fsp3) is 0.500. The van der Waals surface area contributed by atoms with E-state index in [4.69, 9.17) is 5.11 Å². The van der Waals surface area contributed by atoms with Crippen LogP contribution in [0.5, 0.6) is 0 Å². The Kier molecular flexibility index (Phi) is 4.12. The number of carbonyl (C=O) groups is 2. The molecule has 0 radical (unpaired) electrons. The van der Waals surface area contributed by atoms with Crippen molar-refractivity contribution in [3.63, 3.8) is 0 Å². The summed E-state index contributed by atoms with van der Waals surface area (Å²) >= 11 is 0. The number of carboxylic acids is 1. The van der Waals surface area contributed by atoms with Gasteiger partial charge in [-0.15, -0.1) is 0 Å². The molecule has 4 heteroatoms. The normalized spacial score (nSPS) is 16.3. The van der Waals surface area contributed by atoms with Gasteiger partial charge in [-0.1, -0.05) is 24.6 Å². The van der Waals surface area contributed by atoms with E-state index in [9.17, 15) is 9.59 Å². The molecule has 1 saturated carbocycles. The van der Waals surface area contributed by atoms with Crippen LogP contribution >= 0.6 is 0 Å². The molecular weight excluding hydrogens is 254 g/mol. The molecular formula is C16H21NO3. The first-order valence-corrected chi connectivity index (χ1v) is 7.00. The third kappa shape index (κ3) is 3.00. The summed E-state index contributed by atoms with van der Waals surface area (Å²) in [4.78, 5) is 23.2. The van der Waals surface area contributed by atoms with E-state index in [1.54, 1.807) is 0 Å². The Labute approximate surface area is 119 Å². The van der Waals surface area contributed by atoms with Crippen LogP contribution < -0.4 is 5.32 Å². The van der Waals surface area contributed by atoms with Gasteiger partial charge in [0.1, 0.15) is 0 Å². The van der Waals surface area contributed by atoms with Crippen LogP contribution in [0.25, 0.3) is 0 Å². The highest BCUT2D eigenvalue weighted by Gasteiger charge is 2.39. The highest BCUT2D eigenvalue weighted by Crippen LogP contribution is 2.43. The molecule has 0 unspecified atom stereocenters. The lowest BCUT2D eigenvalue weighted by Crippen LogP contribution is -2.43. The first kappa shape index (κ1) is 14.6. The van der Waals surface area contributed by atoms with Crippen molar-refractivity contribution in [2.45, 2.75) is 39.5 Å². The molecule has 0 aromatic heterocycles. The van der Waals surface area contributed by atoms with Crippen molar-refractivity contribution in [2.24, 2.45) is 5.41 Å². The van der Waals surface area contributed by atoms with Crippen LogP contribution in [0.15, 0.2) is 18.2 Å². The maximum Gasteiger partial charge on any atom is 0.303 e. The second-order valence-electron chi connectivity index (χ2n) is 5.87. The fourth-order valence-corrected chi connectivity index (χ4v) is 2.94. The fourth-order valence-electron chi connectivity index (χ4n) is 2.94. The Bertz CT molecular complexity index is 512. The second-order valence-corrected chi connectivity index (χ2v) is 5.87. The molecule has 1 fully saturated rings. The number of rotatable bonds is 5. The minimum absolute atomic E-state index is 0.0998. The average molecular weight is 275 g/mol. The van der Waals surface area contributed by atoms with Gasteiger partial charge in [0.15, 0.2) is 0 Å². The van der Waals surface area contributed by atoms with Crippen molar-refractivity contribution >= 4 is 11.9 Å². The van der Waals surface area contributed by atoms with Gasteiger partial charge in [0.25, 0.3) is 5.91 Å². The molecule has 4 nitrogen and oxygen atoms in total. The van der Waals surface area contributed by atoms with E-state index in [2.05, 4.69) is 5.32 Å². The van der Waals surface area contributed by atoms with Crippen molar-refractivity contribution < 1.29 is 14.7 Å². The summed E-state index contributed by atoms with van der Waals surface area (Å²) in [6.45, 7) is 4.28. The van der Waals surface area contributed by atoms with Gasteiger partial charge in [-0.05, 0) is 43.2 Å². The highest BCUT2D eigenvalue weighted by molar-refractivity contribution is 5.97. The Balaban J connectivity index is 2.03. The molecule has 2 N–H and O–H groups in total. The van der Waals surface area contributed by atoms with E-state index in [0.717, 1.165) is 30.4 Å². The zero-order valence-electron chi connectivity index (χ0n) is 12.0. The van der Waals surface area contributed by atoms with E-state index >= 15 is 0 Å². The topological polar surface area (TPSA) is 66.4 Å². The number of nitrogens with one attached hydrogen (secondary N) is 1. The predicted octanol–water partition coefficient (Wildman–Crippen LogP) is 2.68. The largest absolute Gasteiger partial charge is 0.481 e. The lowest BCUT2D eigenvalue weighted by molar-refractivity contribution is -0.141. The van der Waals surface area contributed by atoms with Gasteiger partial charge >= 0.3 is 5.97 Å². The third-order valence-electron chi connectivity index (χ3n) is 4.27. The molecule has 1 aliphatic carbocycles. The number of benzene rings is 1. The number of carbonyl (C=O) groups excluding carboxylic acids is 1. The lowest BCUT2D eigenvalue weighted by atomic mass is 9.66. The van der Waals surface area contributed by atoms with Gasteiger partial charge in [-0.3, -0.25) is 9.59 Å². The van der Waals surface area contributed by atoms with E-state index < -0.39 is 5.97 Å². The molecule has 1 aliphatic rings. The van der Waals surface area contributed by atoms with Gasteiger partial charge in [0.05, 0.1) is 6.42 Å². The minimum atomic E-state index is -0.786. The Hall–Kier alpha value is -1.84. The van der Waals surface area contributed by atoms with Gasteiger partial charge in [-0.25, -0.2) is 0 Å². The summed E-state index contributed by atoms with van der Waals surface area (Å²) in [6, 6.07) is 5.76. The van der Waals surface area contributed by atoms with E-state index in [-0.39, 0.29) is 17.7 Å². The zero-order valence-corrected chi connectivity index (χ0v) is 12.0. The summed E-state index contributed by atoms with van der Waals surface area (Å²) < 4.78 is 0. The lowest BCUT2D eigenvalue weighted by Gasteiger charge is -2.40. The number of hydrogen-bond acceptors (Lipinski definition) is 2. The summed E-state index contributed by atoms with van der Waals surface area (Å²) in [5, 5.41) is 11.9. The van der Waals surface area contributed by atoms with Crippen LogP contribution in [0.1, 0.15) is 47.2 Å². The smallest absolute Gasteiger partial charge is 0.303 e. The van der Waals surface area contributed by atoms with E-state index in [0.29, 0.717) is 12.1 Å². The van der Waals surface area contributed by atoms with Crippen molar-refractivity contribution in [3.8, 4) is 0 Å². The Morgan fingerprint density at radius 3 is 2.30 bits per heavy atom. The molecule has 1 aromatic rings. The molecule has 0 spiro atoms. The van der Waals surface area contributed by atoms with Gasteiger partial charge in [0, 0.05) is 12.1 Å². The number of aliphatic carboxylic acids is 1. The van der Waals surface area contributed by atoms with E-state index in [1.807, 2.05) is 32.0 Å². The standard InChI is InChI=1S/C16H21NO3/c1-11-5-3-6-12(2)14(11)15(20)17-10-16(7-4-8-16)9-13(18)19/h3,5-6H,4,7-10H2,1-2H3,(H,17,20)(H,18,19). The highest BCUT2D eigenvalue weighted by atomic mass is 16.4. The van der Waals surface area contributed by atoms with Gasteiger partial charge < -0.3 is 10.4 Å². The molecule has 1 aromatic carbocycles. The van der Waals surface area contributed by atoms with Crippen LogP contribution in [-0.2, 0) is 4.79 Å². The average Bonchev–Trinajstić information content (AvgIpc) is 2.31. The summed E-state index contributed by atoms with van der Waals surface area (Å²) in [5.41, 5.74) is 2.36.